The summed E-state index contributed by atoms with van der Waals surface area (Å²) < 4.78 is 0. The third-order valence-electron chi connectivity index (χ3n) is 3.81. The average Bonchev–Trinajstić information content (AvgIpc) is 2.62. The number of benzene rings is 2. The Kier molecular flexibility index (Phi) is 3.31. The van der Waals surface area contributed by atoms with Gasteiger partial charge >= 0.3 is 0 Å². The van der Waals surface area contributed by atoms with E-state index in [1.807, 2.05) is 30.3 Å². The molecule has 0 aliphatic carbocycles. The standard InChI is InChI=1S/C20H15N3/c1-14-9-11-16(12-10-14)19-18(15-6-3-2-4-7-15)22-17-8-5-13-21-20(17)23-19/h2-13H,1H3. The fourth-order valence-corrected chi connectivity index (χ4v) is 2.60. The van der Waals surface area contributed by atoms with E-state index in [4.69, 9.17) is 9.97 Å². The quantitative estimate of drug-likeness (QED) is 0.540. The second-order valence-corrected chi connectivity index (χ2v) is 5.50. The zero-order chi connectivity index (χ0) is 15.6. The molecule has 0 saturated heterocycles. The van der Waals surface area contributed by atoms with Crippen molar-refractivity contribution in [3.8, 4) is 22.5 Å². The Morgan fingerprint density at radius 3 is 2.13 bits per heavy atom. The Labute approximate surface area is 134 Å². The van der Waals surface area contributed by atoms with Crippen molar-refractivity contribution in [2.24, 2.45) is 0 Å². The maximum absolute atomic E-state index is 4.82. The van der Waals surface area contributed by atoms with E-state index in [1.54, 1.807) is 6.20 Å². The molecule has 4 aromatic rings. The Balaban J connectivity index is 2.02. The van der Waals surface area contributed by atoms with Gasteiger partial charge in [-0.15, -0.1) is 0 Å². The second-order valence-electron chi connectivity index (χ2n) is 5.50. The van der Waals surface area contributed by atoms with Crippen molar-refractivity contribution in [2.45, 2.75) is 6.92 Å². The van der Waals surface area contributed by atoms with Gasteiger partial charge in [-0.1, -0.05) is 60.2 Å². The van der Waals surface area contributed by atoms with E-state index in [2.05, 4.69) is 48.3 Å². The van der Waals surface area contributed by atoms with Crippen molar-refractivity contribution in [2.75, 3.05) is 0 Å². The molecule has 0 atom stereocenters. The molecule has 110 valence electrons. The Bertz CT molecular complexity index is 961. The Morgan fingerprint density at radius 2 is 1.35 bits per heavy atom. The van der Waals surface area contributed by atoms with Crippen molar-refractivity contribution in [3.05, 3.63) is 78.5 Å². The van der Waals surface area contributed by atoms with Crippen LogP contribution in [0, 0.1) is 6.92 Å². The first-order chi connectivity index (χ1) is 11.3. The highest BCUT2D eigenvalue weighted by atomic mass is 14.9. The fraction of sp³-hybridized carbons (Fsp3) is 0.0500. The Morgan fingerprint density at radius 1 is 0.652 bits per heavy atom. The molecular weight excluding hydrogens is 282 g/mol. The zero-order valence-corrected chi connectivity index (χ0v) is 12.8. The minimum absolute atomic E-state index is 0.669. The molecule has 2 aromatic heterocycles. The van der Waals surface area contributed by atoms with Crippen LogP contribution in [-0.2, 0) is 0 Å². The SMILES string of the molecule is Cc1ccc(-c2nc3ncccc3nc2-c2ccccc2)cc1. The van der Waals surface area contributed by atoms with E-state index in [0.717, 1.165) is 28.0 Å². The van der Waals surface area contributed by atoms with Gasteiger partial charge in [0.15, 0.2) is 5.65 Å². The minimum atomic E-state index is 0.669. The summed E-state index contributed by atoms with van der Waals surface area (Å²) in [6.45, 7) is 2.08. The number of hydrogen-bond acceptors (Lipinski definition) is 3. The van der Waals surface area contributed by atoms with Gasteiger partial charge in [0.2, 0.25) is 0 Å². The van der Waals surface area contributed by atoms with E-state index in [0.29, 0.717) is 5.65 Å². The lowest BCUT2D eigenvalue weighted by molar-refractivity contribution is 1.23. The van der Waals surface area contributed by atoms with Crippen LogP contribution in [0.5, 0.6) is 0 Å². The lowest BCUT2D eigenvalue weighted by Crippen LogP contribution is -1.96. The molecule has 4 rings (SSSR count). The third-order valence-corrected chi connectivity index (χ3v) is 3.81. The van der Waals surface area contributed by atoms with Gasteiger partial charge in [0, 0.05) is 17.3 Å². The maximum atomic E-state index is 4.82. The molecule has 0 unspecified atom stereocenters. The van der Waals surface area contributed by atoms with Gasteiger partial charge in [-0.2, -0.15) is 0 Å². The van der Waals surface area contributed by atoms with Crippen LogP contribution in [0.25, 0.3) is 33.7 Å². The summed E-state index contributed by atoms with van der Waals surface area (Å²) in [6.07, 6.45) is 1.75. The molecule has 23 heavy (non-hydrogen) atoms. The van der Waals surface area contributed by atoms with E-state index < -0.39 is 0 Å². The molecule has 0 aliphatic heterocycles. The molecule has 0 spiro atoms. The first-order valence-electron chi connectivity index (χ1n) is 7.56. The van der Waals surface area contributed by atoms with Crippen LogP contribution < -0.4 is 0 Å². The summed E-state index contributed by atoms with van der Waals surface area (Å²) in [5.41, 5.74) is 6.56. The summed E-state index contributed by atoms with van der Waals surface area (Å²) >= 11 is 0. The summed E-state index contributed by atoms with van der Waals surface area (Å²) in [6, 6.07) is 22.3. The predicted molar refractivity (Wildman–Crippen MR) is 92.9 cm³/mol. The number of rotatable bonds is 2. The van der Waals surface area contributed by atoms with E-state index in [-0.39, 0.29) is 0 Å². The first-order valence-corrected chi connectivity index (χ1v) is 7.56. The van der Waals surface area contributed by atoms with E-state index in [9.17, 15) is 0 Å². The van der Waals surface area contributed by atoms with Crippen LogP contribution in [-0.4, -0.2) is 15.0 Å². The average molecular weight is 297 g/mol. The van der Waals surface area contributed by atoms with Crippen LogP contribution >= 0.6 is 0 Å². The van der Waals surface area contributed by atoms with Gasteiger partial charge in [-0.3, -0.25) is 0 Å². The molecular formula is C20H15N3. The third kappa shape index (κ3) is 2.57. The molecule has 0 amide bonds. The largest absolute Gasteiger partial charge is 0.242 e. The van der Waals surface area contributed by atoms with Crippen molar-refractivity contribution in [1.29, 1.82) is 0 Å². The highest BCUT2D eigenvalue weighted by Crippen LogP contribution is 2.30. The maximum Gasteiger partial charge on any atom is 0.178 e. The smallest absolute Gasteiger partial charge is 0.178 e. The van der Waals surface area contributed by atoms with Crippen molar-refractivity contribution < 1.29 is 0 Å². The number of pyridine rings is 1. The van der Waals surface area contributed by atoms with Gasteiger partial charge < -0.3 is 0 Å². The van der Waals surface area contributed by atoms with Crippen LogP contribution in [0.3, 0.4) is 0 Å². The lowest BCUT2D eigenvalue weighted by atomic mass is 10.0. The predicted octanol–water partition coefficient (Wildman–Crippen LogP) is 4.67. The van der Waals surface area contributed by atoms with E-state index in [1.165, 1.54) is 5.56 Å². The van der Waals surface area contributed by atoms with Crippen molar-refractivity contribution in [1.82, 2.24) is 15.0 Å². The molecule has 3 nitrogen and oxygen atoms in total. The van der Waals surface area contributed by atoms with Gasteiger partial charge in [-0.05, 0) is 19.1 Å². The lowest BCUT2D eigenvalue weighted by Gasteiger charge is -2.10. The molecule has 0 aliphatic rings. The zero-order valence-electron chi connectivity index (χ0n) is 12.8. The highest BCUT2D eigenvalue weighted by molar-refractivity contribution is 5.84. The molecule has 2 aromatic carbocycles. The topological polar surface area (TPSA) is 38.7 Å². The Hall–Kier alpha value is -3.07. The normalized spacial score (nSPS) is 10.8. The minimum Gasteiger partial charge on any atom is -0.242 e. The van der Waals surface area contributed by atoms with Gasteiger partial charge in [0.25, 0.3) is 0 Å². The molecule has 0 N–H and O–H groups in total. The van der Waals surface area contributed by atoms with Crippen LogP contribution in [0.15, 0.2) is 72.9 Å². The summed E-state index contributed by atoms with van der Waals surface area (Å²) in [4.78, 5) is 13.9. The number of fused-ring (bicyclic) bond motifs is 1. The first kappa shape index (κ1) is 13.6. The number of nitrogens with zero attached hydrogens (tertiary/aromatic N) is 3. The van der Waals surface area contributed by atoms with Crippen LogP contribution in [0.1, 0.15) is 5.56 Å². The summed E-state index contributed by atoms with van der Waals surface area (Å²) in [5.74, 6) is 0. The monoisotopic (exact) mass is 297 g/mol. The molecule has 3 heteroatoms. The summed E-state index contributed by atoms with van der Waals surface area (Å²) in [7, 11) is 0. The molecule has 0 bridgehead atoms. The number of hydrogen-bond donors (Lipinski definition) is 0. The number of aromatic nitrogens is 3. The van der Waals surface area contributed by atoms with Gasteiger partial charge in [0.1, 0.15) is 5.52 Å². The van der Waals surface area contributed by atoms with Crippen molar-refractivity contribution in [3.63, 3.8) is 0 Å². The summed E-state index contributed by atoms with van der Waals surface area (Å²) in [5, 5.41) is 0. The van der Waals surface area contributed by atoms with E-state index >= 15 is 0 Å². The number of aryl methyl sites for hydroxylation is 1. The second kappa shape index (κ2) is 5.61. The van der Waals surface area contributed by atoms with Crippen LogP contribution in [0.4, 0.5) is 0 Å². The van der Waals surface area contributed by atoms with Gasteiger partial charge in [0.05, 0.1) is 11.4 Å². The molecule has 2 heterocycles. The fourth-order valence-electron chi connectivity index (χ4n) is 2.60. The highest BCUT2D eigenvalue weighted by Gasteiger charge is 2.13. The van der Waals surface area contributed by atoms with Crippen molar-refractivity contribution >= 4 is 11.2 Å². The molecule has 0 saturated carbocycles. The molecule has 0 fully saturated rings. The van der Waals surface area contributed by atoms with Crippen LogP contribution in [0.2, 0.25) is 0 Å². The van der Waals surface area contributed by atoms with Gasteiger partial charge in [-0.25, -0.2) is 15.0 Å². The molecule has 0 radical (unpaired) electrons.